The number of nitrogens with two attached hydrogens (primary N) is 1. The van der Waals surface area contributed by atoms with E-state index in [9.17, 15) is 26.3 Å². The maximum atomic E-state index is 12.4. The smallest absolute Gasteiger partial charge is 0.405 e. The normalized spacial score (nSPS) is 14.6. The van der Waals surface area contributed by atoms with E-state index >= 15 is 0 Å². The van der Waals surface area contributed by atoms with Gasteiger partial charge in [-0.15, -0.1) is 26.3 Å². The van der Waals surface area contributed by atoms with Gasteiger partial charge in [0.1, 0.15) is 11.5 Å². The van der Waals surface area contributed by atoms with Crippen LogP contribution in [-0.2, 0) is 0 Å². The fourth-order valence-corrected chi connectivity index (χ4v) is 1.69. The summed E-state index contributed by atoms with van der Waals surface area (Å²) in [6.45, 7) is 4.71. The molecule has 1 unspecified atom stereocenters. The summed E-state index contributed by atoms with van der Waals surface area (Å²) >= 11 is 0. The molecule has 1 rings (SSSR count). The van der Waals surface area contributed by atoms with Crippen LogP contribution >= 0.6 is 0 Å². The van der Waals surface area contributed by atoms with Gasteiger partial charge in [-0.3, -0.25) is 0 Å². The van der Waals surface area contributed by atoms with E-state index in [0.29, 0.717) is 0 Å². The summed E-state index contributed by atoms with van der Waals surface area (Å²) in [4.78, 5) is 0. The van der Waals surface area contributed by atoms with Crippen LogP contribution in [0.2, 0.25) is 0 Å². The fraction of sp³-hybridized carbons (Fsp3) is 0.538. The van der Waals surface area contributed by atoms with Crippen LogP contribution in [0, 0.1) is 5.41 Å². The van der Waals surface area contributed by atoms with Crippen molar-refractivity contribution < 1.29 is 35.8 Å². The molecule has 0 fully saturated rings. The summed E-state index contributed by atoms with van der Waals surface area (Å²) in [7, 11) is 0. The molecule has 0 spiro atoms. The molecule has 0 heterocycles. The van der Waals surface area contributed by atoms with E-state index in [1.54, 1.807) is 20.8 Å². The highest BCUT2D eigenvalue weighted by Gasteiger charge is 2.38. The molecule has 1 atom stereocenters. The summed E-state index contributed by atoms with van der Waals surface area (Å²) in [5.41, 5.74) is 4.50. The number of ether oxygens (including phenoxy) is 2. The van der Waals surface area contributed by atoms with Crippen molar-refractivity contribution in [1.82, 2.24) is 0 Å². The SMILES string of the molecule is CC(C)(C)C(N)c1c(OC(F)(F)F)cccc1OC(F)(F)F. The molecule has 126 valence electrons. The molecule has 0 amide bonds. The first-order valence-corrected chi connectivity index (χ1v) is 6.11. The molecule has 0 aliphatic heterocycles. The Bertz CT molecular complexity index is 484. The number of hydrogen-bond acceptors (Lipinski definition) is 3. The summed E-state index contributed by atoms with van der Waals surface area (Å²) in [6, 6.07) is 1.56. The van der Waals surface area contributed by atoms with Crippen LogP contribution in [0.25, 0.3) is 0 Å². The summed E-state index contributed by atoms with van der Waals surface area (Å²) in [6.07, 6.45) is -10.1. The molecule has 0 saturated carbocycles. The molecule has 0 aliphatic rings. The number of rotatable bonds is 3. The maximum Gasteiger partial charge on any atom is 0.573 e. The second-order valence-corrected chi connectivity index (χ2v) is 5.61. The first-order chi connectivity index (χ1) is 9.71. The topological polar surface area (TPSA) is 44.5 Å². The second kappa shape index (κ2) is 5.86. The molecule has 0 bridgehead atoms. The van der Waals surface area contributed by atoms with Crippen molar-refractivity contribution in [3.05, 3.63) is 23.8 Å². The van der Waals surface area contributed by atoms with Crippen molar-refractivity contribution in [1.29, 1.82) is 0 Å². The zero-order valence-electron chi connectivity index (χ0n) is 12.0. The minimum Gasteiger partial charge on any atom is -0.405 e. The van der Waals surface area contributed by atoms with Crippen molar-refractivity contribution in [3.63, 3.8) is 0 Å². The Morgan fingerprint density at radius 1 is 0.864 bits per heavy atom. The Labute approximate surface area is 123 Å². The van der Waals surface area contributed by atoms with Gasteiger partial charge in [0, 0.05) is 6.04 Å². The van der Waals surface area contributed by atoms with Gasteiger partial charge < -0.3 is 15.2 Å². The fourth-order valence-electron chi connectivity index (χ4n) is 1.69. The molecule has 3 nitrogen and oxygen atoms in total. The van der Waals surface area contributed by atoms with Crippen LogP contribution in [0.15, 0.2) is 18.2 Å². The third-order valence-corrected chi connectivity index (χ3v) is 2.72. The quantitative estimate of drug-likeness (QED) is 0.828. The van der Waals surface area contributed by atoms with Gasteiger partial charge in [-0.2, -0.15) is 0 Å². The predicted molar refractivity (Wildman–Crippen MR) is 66.2 cm³/mol. The number of halogens is 6. The zero-order chi connectivity index (χ0) is 17.3. The Hall–Kier alpha value is -1.64. The molecule has 0 radical (unpaired) electrons. The molecule has 1 aromatic carbocycles. The van der Waals surface area contributed by atoms with E-state index in [1.165, 1.54) is 0 Å². The molecule has 1 aromatic rings. The molecule has 9 heteroatoms. The Morgan fingerprint density at radius 3 is 1.50 bits per heavy atom. The van der Waals surface area contributed by atoms with E-state index < -0.39 is 41.2 Å². The lowest BCUT2D eigenvalue weighted by Crippen LogP contribution is -2.30. The van der Waals surface area contributed by atoms with Gasteiger partial charge in [-0.25, -0.2) is 0 Å². The van der Waals surface area contributed by atoms with E-state index in [2.05, 4.69) is 9.47 Å². The molecule has 0 saturated heterocycles. The average molecular weight is 331 g/mol. The largest absolute Gasteiger partial charge is 0.573 e. The first kappa shape index (κ1) is 18.4. The van der Waals surface area contributed by atoms with Gasteiger partial charge in [0.15, 0.2) is 0 Å². The van der Waals surface area contributed by atoms with Crippen molar-refractivity contribution in [2.45, 2.75) is 39.5 Å². The third-order valence-electron chi connectivity index (χ3n) is 2.72. The summed E-state index contributed by atoms with van der Waals surface area (Å²) in [5.74, 6) is -1.65. The Morgan fingerprint density at radius 2 is 1.23 bits per heavy atom. The average Bonchev–Trinajstić information content (AvgIpc) is 2.22. The Kier molecular flexibility index (Phi) is 4.91. The highest BCUT2D eigenvalue weighted by Crippen LogP contribution is 2.43. The van der Waals surface area contributed by atoms with Crippen molar-refractivity contribution >= 4 is 0 Å². The molecule has 22 heavy (non-hydrogen) atoms. The van der Waals surface area contributed by atoms with Gasteiger partial charge >= 0.3 is 12.7 Å². The predicted octanol–water partition coefficient (Wildman–Crippen LogP) is 4.53. The first-order valence-electron chi connectivity index (χ1n) is 6.11. The van der Waals surface area contributed by atoms with Crippen molar-refractivity contribution in [2.75, 3.05) is 0 Å². The van der Waals surface area contributed by atoms with Gasteiger partial charge in [0.25, 0.3) is 0 Å². The van der Waals surface area contributed by atoms with Crippen molar-refractivity contribution in [3.8, 4) is 11.5 Å². The van der Waals surface area contributed by atoms with E-state index in [0.717, 1.165) is 18.2 Å². The lowest BCUT2D eigenvalue weighted by molar-refractivity contribution is -0.277. The van der Waals surface area contributed by atoms with Crippen molar-refractivity contribution in [2.24, 2.45) is 11.1 Å². The standard InChI is InChI=1S/C13H15F6NO2/c1-11(2,3)10(20)9-7(21-12(14,15)16)5-4-6-8(9)22-13(17,18)19/h4-6,10H,20H2,1-3H3. The van der Waals surface area contributed by atoms with Gasteiger partial charge in [0.05, 0.1) is 5.56 Å². The number of hydrogen-bond donors (Lipinski definition) is 1. The zero-order valence-corrected chi connectivity index (χ0v) is 12.0. The number of benzene rings is 1. The lowest BCUT2D eigenvalue weighted by atomic mass is 9.82. The highest BCUT2D eigenvalue weighted by atomic mass is 19.4. The van der Waals surface area contributed by atoms with Crippen LogP contribution in [0.5, 0.6) is 11.5 Å². The van der Waals surface area contributed by atoms with Crippen LogP contribution in [0.3, 0.4) is 0 Å². The monoisotopic (exact) mass is 331 g/mol. The van der Waals surface area contributed by atoms with Gasteiger partial charge in [0.2, 0.25) is 0 Å². The minimum atomic E-state index is -5.07. The van der Waals surface area contributed by atoms with Gasteiger partial charge in [-0.05, 0) is 17.5 Å². The van der Waals surface area contributed by atoms with E-state index in [-0.39, 0.29) is 0 Å². The molecular weight excluding hydrogens is 316 g/mol. The molecule has 0 aromatic heterocycles. The maximum absolute atomic E-state index is 12.4. The van der Waals surface area contributed by atoms with E-state index in [4.69, 9.17) is 5.73 Å². The van der Waals surface area contributed by atoms with Crippen LogP contribution in [0.1, 0.15) is 32.4 Å². The highest BCUT2D eigenvalue weighted by molar-refractivity contribution is 5.47. The second-order valence-electron chi connectivity index (χ2n) is 5.61. The number of alkyl halides is 6. The molecular formula is C13H15F6NO2. The summed E-state index contributed by atoms with van der Waals surface area (Å²) in [5, 5.41) is 0. The minimum absolute atomic E-state index is 0.496. The molecule has 2 N–H and O–H groups in total. The van der Waals surface area contributed by atoms with Crippen LogP contribution in [-0.4, -0.2) is 12.7 Å². The van der Waals surface area contributed by atoms with Crippen LogP contribution in [0.4, 0.5) is 26.3 Å². The van der Waals surface area contributed by atoms with E-state index in [1.807, 2.05) is 0 Å². The Balaban J connectivity index is 3.42. The van der Waals surface area contributed by atoms with Crippen LogP contribution < -0.4 is 15.2 Å². The molecule has 0 aliphatic carbocycles. The summed E-state index contributed by atoms with van der Waals surface area (Å²) < 4.78 is 82.1. The van der Waals surface area contributed by atoms with Gasteiger partial charge in [-0.1, -0.05) is 26.8 Å². The third kappa shape index (κ3) is 5.28. The lowest BCUT2D eigenvalue weighted by Gasteiger charge is -2.30.